The van der Waals surface area contributed by atoms with Crippen molar-refractivity contribution in [1.82, 2.24) is 0 Å². The van der Waals surface area contributed by atoms with Gasteiger partial charge in [0.2, 0.25) is 0 Å². The van der Waals surface area contributed by atoms with Crippen molar-refractivity contribution in [2.45, 2.75) is 13.2 Å². The van der Waals surface area contributed by atoms with Crippen LogP contribution in [0.1, 0.15) is 6.92 Å². The minimum Gasteiger partial charge on any atom is -0.0838 e. The quantitative estimate of drug-likeness (QED) is 0.324. The Kier molecular flexibility index (Phi) is 20.3. The molecule has 0 aromatic heterocycles. The lowest BCUT2D eigenvalue weighted by Gasteiger charge is -1.45. The molecule has 0 aromatic carbocycles. The average Bonchev–Trinajstić information content (AvgIpc) is 0.918. The van der Waals surface area contributed by atoms with Gasteiger partial charge in [-0.1, -0.05) is 13.2 Å². The van der Waals surface area contributed by atoms with Crippen LogP contribution in [0.4, 0.5) is 0 Å². The maximum atomic E-state index is 2.12. The molecule has 2 heteroatoms. The Morgan fingerprint density at radius 3 is 1.75 bits per heavy atom. The summed E-state index contributed by atoms with van der Waals surface area (Å²) in [5, 5.41) is 0. The van der Waals surface area contributed by atoms with E-state index in [9.17, 15) is 0 Å². The molecule has 0 aliphatic carbocycles. The van der Waals surface area contributed by atoms with E-state index in [4.69, 9.17) is 0 Å². The first-order valence-corrected chi connectivity index (χ1v) is 1.41. The van der Waals surface area contributed by atoms with E-state index in [0.29, 0.717) is 0 Å². The van der Waals surface area contributed by atoms with Crippen LogP contribution in [-0.4, -0.2) is 30.9 Å². The van der Waals surface area contributed by atoms with Crippen LogP contribution < -0.4 is 0 Å². The fraction of sp³-hybridized carbons (Fsp3) is 1.00. The van der Waals surface area contributed by atoms with Crippen LogP contribution in [0.2, 0.25) is 6.32 Å². The summed E-state index contributed by atoms with van der Waals surface area (Å²) in [6, 6.07) is 0. The van der Waals surface area contributed by atoms with Gasteiger partial charge in [0, 0.05) is 0 Å². The van der Waals surface area contributed by atoms with Crippen molar-refractivity contribution in [3.05, 3.63) is 0 Å². The predicted molar refractivity (Wildman–Crippen MR) is 27.6 cm³/mol. The Balaban J connectivity index is 0. The monoisotopic (exact) mass is 68.1 g/mol. The van der Waals surface area contributed by atoms with Gasteiger partial charge < -0.3 is 0 Å². The number of hydrogen-bond donors (Lipinski definition) is 0. The van der Waals surface area contributed by atoms with Gasteiger partial charge in [-0.25, -0.2) is 0 Å². The molecule has 0 radical (unpaired) electrons. The van der Waals surface area contributed by atoms with Gasteiger partial charge in [0.1, 0.15) is 7.85 Å². The molecule has 0 atom stereocenters. The van der Waals surface area contributed by atoms with Crippen molar-refractivity contribution in [2.75, 3.05) is 0 Å². The van der Waals surface area contributed by atoms with Gasteiger partial charge >= 0.3 is 23.1 Å². The standard InChI is InChI=1S/C2H7B.Mg.2H/c1-2-3;;;/h2-3H2,1H3;;;. The van der Waals surface area contributed by atoms with Crippen LogP contribution in [-0.2, 0) is 0 Å². The molecular weight excluding hydrogens is 59.1 g/mol. The number of rotatable bonds is 0. The Labute approximate surface area is 44.5 Å². The van der Waals surface area contributed by atoms with Gasteiger partial charge in [-0.05, 0) is 0 Å². The third-order valence-corrected chi connectivity index (χ3v) is 0. The molecule has 0 saturated carbocycles. The molecule has 0 aliphatic rings. The van der Waals surface area contributed by atoms with E-state index in [1.165, 1.54) is 6.32 Å². The van der Waals surface area contributed by atoms with Crippen molar-refractivity contribution in [2.24, 2.45) is 0 Å². The molecule has 0 saturated heterocycles. The second-order valence-corrected chi connectivity index (χ2v) is 0.707. The summed E-state index contributed by atoms with van der Waals surface area (Å²) in [5.41, 5.74) is 0. The molecule has 0 aromatic rings. The van der Waals surface area contributed by atoms with Crippen molar-refractivity contribution in [3.8, 4) is 0 Å². The average molecular weight is 68.2 g/mol. The first-order valence-electron chi connectivity index (χ1n) is 1.41. The van der Waals surface area contributed by atoms with Crippen LogP contribution in [0.5, 0.6) is 0 Å². The third kappa shape index (κ3) is 13.7. The second-order valence-electron chi connectivity index (χ2n) is 0.707. The Morgan fingerprint density at radius 2 is 1.75 bits per heavy atom. The minimum atomic E-state index is 0. The summed E-state index contributed by atoms with van der Waals surface area (Å²) in [7, 11) is 2.12. The first-order chi connectivity index (χ1) is 1.41. The minimum absolute atomic E-state index is 0. The molecule has 4 heavy (non-hydrogen) atoms. The molecular formula is C2H9BMg. The molecule has 0 amide bonds. The molecule has 0 rings (SSSR count). The zero-order valence-electron chi connectivity index (χ0n) is 2.71. The molecule has 0 heterocycles. The Morgan fingerprint density at radius 1 is 1.75 bits per heavy atom. The Bertz CT molecular complexity index is 6.00. The van der Waals surface area contributed by atoms with E-state index in [2.05, 4.69) is 14.8 Å². The van der Waals surface area contributed by atoms with E-state index in [1.54, 1.807) is 0 Å². The van der Waals surface area contributed by atoms with Crippen LogP contribution in [0.15, 0.2) is 0 Å². The van der Waals surface area contributed by atoms with Crippen LogP contribution in [0, 0.1) is 0 Å². The second kappa shape index (κ2) is 9.16. The molecule has 22 valence electrons. The van der Waals surface area contributed by atoms with Gasteiger partial charge in [0.15, 0.2) is 0 Å². The molecule has 0 fully saturated rings. The van der Waals surface area contributed by atoms with Crippen molar-refractivity contribution < 1.29 is 0 Å². The van der Waals surface area contributed by atoms with Crippen LogP contribution >= 0.6 is 0 Å². The van der Waals surface area contributed by atoms with Crippen molar-refractivity contribution in [1.29, 1.82) is 0 Å². The van der Waals surface area contributed by atoms with Gasteiger partial charge in [0.05, 0.1) is 0 Å². The molecule has 0 unspecified atom stereocenters. The summed E-state index contributed by atoms with van der Waals surface area (Å²) < 4.78 is 0. The fourth-order valence-electron chi connectivity index (χ4n) is 0. The lowest BCUT2D eigenvalue weighted by atomic mass is 10.1. The van der Waals surface area contributed by atoms with Crippen molar-refractivity contribution in [3.63, 3.8) is 0 Å². The normalized spacial score (nSPS) is 4.25. The van der Waals surface area contributed by atoms with Gasteiger partial charge in [0.25, 0.3) is 0 Å². The maximum absolute atomic E-state index is 2.12. The molecule has 0 nitrogen and oxygen atoms in total. The molecule has 0 aliphatic heterocycles. The van der Waals surface area contributed by atoms with Gasteiger partial charge in [-0.2, -0.15) is 0 Å². The summed E-state index contributed by atoms with van der Waals surface area (Å²) >= 11 is 0. The number of hydrogen-bond acceptors (Lipinski definition) is 0. The predicted octanol–water partition coefficient (Wildman–Crippen LogP) is -0.859. The van der Waals surface area contributed by atoms with Crippen LogP contribution in [0.3, 0.4) is 0 Å². The fourth-order valence-corrected chi connectivity index (χ4v) is 0. The zero-order valence-corrected chi connectivity index (χ0v) is 2.71. The van der Waals surface area contributed by atoms with Crippen molar-refractivity contribution >= 4 is 30.9 Å². The smallest absolute Gasteiger partial charge is 0.0838 e. The lowest BCUT2D eigenvalue weighted by Crippen LogP contribution is -1.41. The zero-order chi connectivity index (χ0) is 2.71. The molecule has 0 spiro atoms. The summed E-state index contributed by atoms with van der Waals surface area (Å²) in [6.45, 7) is 2.12. The summed E-state index contributed by atoms with van der Waals surface area (Å²) in [5.74, 6) is 0. The van der Waals surface area contributed by atoms with E-state index in [-0.39, 0.29) is 23.1 Å². The third-order valence-electron chi connectivity index (χ3n) is 0. The van der Waals surface area contributed by atoms with Gasteiger partial charge in [-0.3, -0.25) is 0 Å². The van der Waals surface area contributed by atoms with E-state index in [1.807, 2.05) is 0 Å². The maximum Gasteiger partial charge on any atom is 0.316 e. The van der Waals surface area contributed by atoms with E-state index in [0.717, 1.165) is 0 Å². The summed E-state index contributed by atoms with van der Waals surface area (Å²) in [4.78, 5) is 0. The molecule has 0 bridgehead atoms. The van der Waals surface area contributed by atoms with Gasteiger partial charge in [-0.15, -0.1) is 0 Å². The highest BCUT2D eigenvalue weighted by Crippen LogP contribution is 1.49. The SMILES string of the molecule is BCC.[MgH2]. The highest BCUT2D eigenvalue weighted by molar-refractivity contribution is 6.08. The van der Waals surface area contributed by atoms with E-state index < -0.39 is 0 Å². The largest absolute Gasteiger partial charge is 0.316 e. The first kappa shape index (κ1) is 8.85. The van der Waals surface area contributed by atoms with E-state index >= 15 is 0 Å². The van der Waals surface area contributed by atoms with Crippen LogP contribution in [0.25, 0.3) is 0 Å². The summed E-state index contributed by atoms with van der Waals surface area (Å²) in [6.07, 6.45) is 1.25. The molecule has 0 N–H and O–H groups in total. The highest BCUT2D eigenvalue weighted by atomic mass is 24.3. The Hall–Kier alpha value is 0.831. The lowest BCUT2D eigenvalue weighted by molar-refractivity contribution is 1.48. The highest BCUT2D eigenvalue weighted by Gasteiger charge is 1.38. The topological polar surface area (TPSA) is 0 Å².